The van der Waals surface area contributed by atoms with Crippen molar-refractivity contribution in [3.05, 3.63) is 58.3 Å². The Labute approximate surface area is 108 Å². The molecule has 0 spiro atoms. The molecular weight excluding hydrogens is 282 g/mol. The van der Waals surface area contributed by atoms with E-state index in [0.717, 1.165) is 21.3 Å². The lowest BCUT2D eigenvalue weighted by atomic mass is 10.2. The normalized spacial score (nSPS) is 10.2. The number of hydrogen-bond donors (Lipinski definition) is 1. The maximum Gasteiger partial charge on any atom is 0.134 e. The molecule has 0 aliphatic rings. The molecule has 0 bridgehead atoms. The van der Waals surface area contributed by atoms with Gasteiger partial charge < -0.3 is 9.84 Å². The quantitative estimate of drug-likeness (QED) is 0.942. The Kier molecular flexibility index (Phi) is 4.12. The average molecular weight is 294 g/mol. The van der Waals surface area contributed by atoms with Crippen molar-refractivity contribution in [2.45, 2.75) is 13.2 Å². The molecule has 1 N–H and O–H groups in total. The number of aliphatic hydroxyl groups is 1. The van der Waals surface area contributed by atoms with Gasteiger partial charge in [-0.1, -0.05) is 12.1 Å². The first-order chi connectivity index (χ1) is 8.29. The van der Waals surface area contributed by atoms with Crippen LogP contribution >= 0.6 is 15.9 Å². The summed E-state index contributed by atoms with van der Waals surface area (Å²) in [6, 6.07) is 9.36. The lowest BCUT2D eigenvalue weighted by molar-refractivity contribution is 0.280. The standard InChI is InChI=1S/C13H12BrNO2/c14-12-6-10(8-16)3-4-13(12)17-9-11-2-1-5-15-7-11/h1-7,16H,8-9H2. The second-order valence-corrected chi connectivity index (χ2v) is 4.43. The molecule has 1 aromatic carbocycles. The van der Waals surface area contributed by atoms with E-state index < -0.39 is 0 Å². The van der Waals surface area contributed by atoms with Gasteiger partial charge in [0.25, 0.3) is 0 Å². The number of aliphatic hydroxyl groups excluding tert-OH is 1. The number of benzene rings is 1. The Morgan fingerprint density at radius 2 is 2.12 bits per heavy atom. The van der Waals surface area contributed by atoms with Gasteiger partial charge in [-0.3, -0.25) is 4.98 Å². The molecule has 1 heterocycles. The second-order valence-electron chi connectivity index (χ2n) is 3.57. The lowest BCUT2D eigenvalue weighted by Crippen LogP contribution is -1.97. The van der Waals surface area contributed by atoms with E-state index in [1.165, 1.54) is 0 Å². The smallest absolute Gasteiger partial charge is 0.134 e. The Hall–Kier alpha value is -1.39. The minimum absolute atomic E-state index is 0.0293. The monoisotopic (exact) mass is 293 g/mol. The molecule has 3 nitrogen and oxygen atoms in total. The van der Waals surface area contributed by atoms with Gasteiger partial charge in [0.1, 0.15) is 12.4 Å². The van der Waals surface area contributed by atoms with Gasteiger partial charge in [0.2, 0.25) is 0 Å². The van der Waals surface area contributed by atoms with Crippen LogP contribution in [0.25, 0.3) is 0 Å². The third kappa shape index (κ3) is 3.28. The second kappa shape index (κ2) is 5.80. The van der Waals surface area contributed by atoms with Crippen molar-refractivity contribution < 1.29 is 9.84 Å². The van der Waals surface area contributed by atoms with E-state index in [-0.39, 0.29) is 6.61 Å². The van der Waals surface area contributed by atoms with E-state index >= 15 is 0 Å². The fraction of sp³-hybridized carbons (Fsp3) is 0.154. The SMILES string of the molecule is OCc1ccc(OCc2cccnc2)c(Br)c1. The van der Waals surface area contributed by atoms with Crippen molar-refractivity contribution in [3.63, 3.8) is 0 Å². The summed E-state index contributed by atoms with van der Waals surface area (Å²) >= 11 is 3.41. The van der Waals surface area contributed by atoms with Crippen LogP contribution in [0.3, 0.4) is 0 Å². The van der Waals surface area contributed by atoms with Crippen molar-refractivity contribution in [1.29, 1.82) is 0 Å². The molecule has 0 fully saturated rings. The first kappa shape index (κ1) is 12.1. The molecule has 0 atom stereocenters. The summed E-state index contributed by atoms with van der Waals surface area (Å²) in [5.41, 5.74) is 1.87. The molecule has 2 rings (SSSR count). The van der Waals surface area contributed by atoms with Gasteiger partial charge >= 0.3 is 0 Å². The first-order valence-corrected chi connectivity index (χ1v) is 6.00. The van der Waals surface area contributed by atoms with Crippen LogP contribution in [-0.4, -0.2) is 10.1 Å². The molecule has 2 aromatic rings. The van der Waals surface area contributed by atoms with Gasteiger partial charge in [0, 0.05) is 18.0 Å². The van der Waals surface area contributed by atoms with E-state index in [1.807, 2.05) is 30.3 Å². The highest BCUT2D eigenvalue weighted by atomic mass is 79.9. The third-order valence-electron chi connectivity index (χ3n) is 2.30. The van der Waals surface area contributed by atoms with Gasteiger partial charge in [-0.15, -0.1) is 0 Å². The van der Waals surface area contributed by atoms with E-state index in [1.54, 1.807) is 12.4 Å². The summed E-state index contributed by atoms with van der Waals surface area (Å²) in [7, 11) is 0. The molecule has 0 amide bonds. The molecule has 1 aromatic heterocycles. The van der Waals surface area contributed by atoms with E-state index in [9.17, 15) is 0 Å². The van der Waals surface area contributed by atoms with Crippen molar-refractivity contribution in [2.24, 2.45) is 0 Å². The molecule has 0 radical (unpaired) electrons. The summed E-state index contributed by atoms with van der Waals surface area (Å²) in [5, 5.41) is 8.99. The van der Waals surface area contributed by atoms with E-state index in [4.69, 9.17) is 9.84 Å². The van der Waals surface area contributed by atoms with Crippen LogP contribution in [0.1, 0.15) is 11.1 Å². The minimum Gasteiger partial charge on any atom is -0.488 e. The lowest BCUT2D eigenvalue weighted by Gasteiger charge is -2.08. The molecule has 0 saturated heterocycles. The molecule has 88 valence electrons. The molecule has 0 aliphatic carbocycles. The topological polar surface area (TPSA) is 42.4 Å². The summed E-state index contributed by atoms with van der Waals surface area (Å²) in [6.07, 6.45) is 3.51. The van der Waals surface area contributed by atoms with Crippen LogP contribution in [0, 0.1) is 0 Å². The van der Waals surface area contributed by atoms with E-state index in [2.05, 4.69) is 20.9 Å². The van der Waals surface area contributed by atoms with Crippen LogP contribution < -0.4 is 4.74 Å². The molecule has 17 heavy (non-hydrogen) atoms. The fourth-order valence-corrected chi connectivity index (χ4v) is 1.95. The van der Waals surface area contributed by atoms with Crippen LogP contribution in [0.2, 0.25) is 0 Å². The molecule has 4 heteroatoms. The minimum atomic E-state index is 0.0293. The number of hydrogen-bond acceptors (Lipinski definition) is 3. The van der Waals surface area contributed by atoms with Crippen LogP contribution in [0.15, 0.2) is 47.2 Å². The van der Waals surface area contributed by atoms with Crippen LogP contribution in [0.5, 0.6) is 5.75 Å². The third-order valence-corrected chi connectivity index (χ3v) is 2.92. The van der Waals surface area contributed by atoms with Gasteiger partial charge in [0.05, 0.1) is 11.1 Å². The highest BCUT2D eigenvalue weighted by molar-refractivity contribution is 9.10. The van der Waals surface area contributed by atoms with Gasteiger partial charge in [-0.05, 0) is 39.7 Å². The Balaban J connectivity index is 2.04. The number of halogens is 1. The van der Waals surface area contributed by atoms with Crippen molar-refractivity contribution >= 4 is 15.9 Å². The maximum absolute atomic E-state index is 8.99. The summed E-state index contributed by atoms with van der Waals surface area (Å²) < 4.78 is 6.49. The molecule has 0 aliphatic heterocycles. The molecule has 0 unspecified atom stereocenters. The zero-order chi connectivity index (χ0) is 12.1. The Morgan fingerprint density at radius 3 is 2.76 bits per heavy atom. The zero-order valence-corrected chi connectivity index (χ0v) is 10.7. The first-order valence-electron chi connectivity index (χ1n) is 5.20. The predicted molar refractivity (Wildman–Crippen MR) is 68.6 cm³/mol. The molecular formula is C13H12BrNO2. The van der Waals surface area contributed by atoms with E-state index in [0.29, 0.717) is 6.61 Å². The summed E-state index contributed by atoms with van der Waals surface area (Å²) in [6.45, 7) is 0.506. The predicted octanol–water partition coefficient (Wildman–Crippen LogP) is 2.92. The fourth-order valence-electron chi connectivity index (χ4n) is 1.40. The zero-order valence-electron chi connectivity index (χ0n) is 9.14. The van der Waals surface area contributed by atoms with Crippen LogP contribution in [0.4, 0.5) is 0 Å². The molecule has 0 saturated carbocycles. The maximum atomic E-state index is 8.99. The van der Waals surface area contributed by atoms with Crippen LogP contribution in [-0.2, 0) is 13.2 Å². The summed E-state index contributed by atoms with van der Waals surface area (Å²) in [5.74, 6) is 0.756. The number of ether oxygens (including phenoxy) is 1. The van der Waals surface area contributed by atoms with Crippen molar-refractivity contribution in [2.75, 3.05) is 0 Å². The largest absolute Gasteiger partial charge is 0.488 e. The average Bonchev–Trinajstić information content (AvgIpc) is 2.38. The number of rotatable bonds is 4. The highest BCUT2D eigenvalue weighted by Crippen LogP contribution is 2.26. The summed E-state index contributed by atoms with van der Waals surface area (Å²) in [4.78, 5) is 4.02. The Bertz CT molecular complexity index is 488. The van der Waals surface area contributed by atoms with Gasteiger partial charge in [-0.2, -0.15) is 0 Å². The number of nitrogens with zero attached hydrogens (tertiary/aromatic N) is 1. The highest BCUT2D eigenvalue weighted by Gasteiger charge is 2.02. The number of aromatic nitrogens is 1. The van der Waals surface area contributed by atoms with Crippen molar-refractivity contribution in [3.8, 4) is 5.75 Å². The number of pyridine rings is 1. The van der Waals surface area contributed by atoms with Gasteiger partial charge in [0.15, 0.2) is 0 Å². The van der Waals surface area contributed by atoms with Crippen molar-refractivity contribution in [1.82, 2.24) is 4.98 Å². The Morgan fingerprint density at radius 1 is 1.24 bits per heavy atom. The van der Waals surface area contributed by atoms with Gasteiger partial charge in [-0.25, -0.2) is 0 Å².